The Labute approximate surface area is 148 Å². The normalized spacial score (nSPS) is 53.8. The highest BCUT2D eigenvalue weighted by atomic mass is 16.1. The van der Waals surface area contributed by atoms with E-state index in [0.29, 0.717) is 28.2 Å². The smallest absolute Gasteiger partial charge is 0.220 e. The Morgan fingerprint density at radius 1 is 1.08 bits per heavy atom. The largest absolute Gasteiger partial charge is 0.353 e. The van der Waals surface area contributed by atoms with Gasteiger partial charge in [0, 0.05) is 12.5 Å². The van der Waals surface area contributed by atoms with Crippen molar-refractivity contribution in [3.8, 4) is 0 Å². The molecule has 1 aliphatic heterocycles. The monoisotopic (exact) mass is 331 g/mol. The molecule has 0 radical (unpaired) electrons. The predicted octanol–water partition coefficient (Wildman–Crippen LogP) is 5.31. The molecule has 1 heterocycles. The van der Waals surface area contributed by atoms with Crippen LogP contribution in [0.25, 0.3) is 0 Å². The first-order valence-electron chi connectivity index (χ1n) is 10.6. The second-order valence-electron chi connectivity index (χ2n) is 10.6. The topological polar surface area (TPSA) is 29.1 Å². The maximum atomic E-state index is 12.1. The number of rotatable bonds is 2. The molecular weight excluding hydrogens is 294 g/mol. The van der Waals surface area contributed by atoms with Gasteiger partial charge >= 0.3 is 0 Å². The summed E-state index contributed by atoms with van der Waals surface area (Å²) in [5, 5.41) is 3.44. The molecule has 0 spiro atoms. The highest BCUT2D eigenvalue weighted by molar-refractivity contribution is 5.77. The number of piperidine rings is 1. The van der Waals surface area contributed by atoms with Gasteiger partial charge in [-0.15, -0.1) is 0 Å². The van der Waals surface area contributed by atoms with Crippen LogP contribution in [0.4, 0.5) is 0 Å². The molecule has 1 N–H and O–H groups in total. The van der Waals surface area contributed by atoms with Gasteiger partial charge in [0.2, 0.25) is 5.91 Å². The molecule has 0 aromatic rings. The lowest BCUT2D eigenvalue weighted by Crippen LogP contribution is -2.65. The van der Waals surface area contributed by atoms with Crippen molar-refractivity contribution in [2.45, 2.75) is 97.9 Å². The summed E-state index contributed by atoms with van der Waals surface area (Å²) in [4.78, 5) is 12.1. The molecule has 3 saturated carbocycles. The zero-order valence-electron chi connectivity index (χ0n) is 16.3. The third-order valence-corrected chi connectivity index (χ3v) is 9.22. The number of nitrogens with one attached hydrogen (secondary N) is 1. The average Bonchev–Trinajstić information content (AvgIpc) is 2.91. The lowest BCUT2D eigenvalue weighted by molar-refractivity contribution is -0.161. The standard InChI is InChI=1S/C22H37NO/c1-5-10-21(3)14-17-22(4,13-9-18(24)23-17)16-8-12-20(2)11-6-7-15(20)19(16)21/h15-17,19H,5-14H2,1-4H3,(H,23,24)/t15-,16-,17+,19-,20-,21-,22+/m0/s1. The minimum atomic E-state index is 0.302. The van der Waals surface area contributed by atoms with Crippen molar-refractivity contribution in [1.82, 2.24) is 5.32 Å². The third kappa shape index (κ3) is 2.23. The Balaban J connectivity index is 1.75. The molecule has 4 fully saturated rings. The van der Waals surface area contributed by atoms with Crippen LogP contribution in [-0.2, 0) is 4.79 Å². The Morgan fingerprint density at radius 2 is 1.88 bits per heavy atom. The fraction of sp³-hybridized carbons (Fsp3) is 0.955. The maximum absolute atomic E-state index is 12.1. The molecule has 2 nitrogen and oxygen atoms in total. The van der Waals surface area contributed by atoms with Gasteiger partial charge in [-0.1, -0.05) is 40.5 Å². The van der Waals surface area contributed by atoms with E-state index in [2.05, 4.69) is 33.0 Å². The van der Waals surface area contributed by atoms with Gasteiger partial charge in [-0.2, -0.15) is 0 Å². The summed E-state index contributed by atoms with van der Waals surface area (Å²) in [5.41, 5.74) is 1.37. The summed E-state index contributed by atoms with van der Waals surface area (Å²) in [6, 6.07) is 0.419. The number of hydrogen-bond acceptors (Lipinski definition) is 1. The number of carbonyl (C=O) groups is 1. The van der Waals surface area contributed by atoms with Gasteiger partial charge in [0.1, 0.15) is 0 Å². The molecule has 1 saturated heterocycles. The van der Waals surface area contributed by atoms with Gasteiger partial charge in [0.25, 0.3) is 0 Å². The van der Waals surface area contributed by atoms with Gasteiger partial charge < -0.3 is 5.32 Å². The molecule has 7 atom stereocenters. The molecule has 3 aliphatic carbocycles. The van der Waals surface area contributed by atoms with Crippen LogP contribution in [0.1, 0.15) is 91.9 Å². The summed E-state index contributed by atoms with van der Waals surface area (Å²) in [5.74, 6) is 2.94. The molecule has 0 unspecified atom stereocenters. The molecule has 4 aliphatic rings. The number of hydrogen-bond donors (Lipinski definition) is 1. The van der Waals surface area contributed by atoms with E-state index in [1.165, 1.54) is 51.4 Å². The number of amides is 1. The first-order valence-corrected chi connectivity index (χ1v) is 10.6. The van der Waals surface area contributed by atoms with Crippen LogP contribution in [-0.4, -0.2) is 11.9 Å². The van der Waals surface area contributed by atoms with Crippen molar-refractivity contribution < 1.29 is 4.79 Å². The first kappa shape index (κ1) is 16.9. The lowest BCUT2D eigenvalue weighted by atomic mass is 9.41. The zero-order chi connectivity index (χ0) is 17.2. The van der Waals surface area contributed by atoms with Crippen LogP contribution in [0.5, 0.6) is 0 Å². The van der Waals surface area contributed by atoms with Gasteiger partial charge in [0.05, 0.1) is 0 Å². The van der Waals surface area contributed by atoms with E-state index < -0.39 is 0 Å². The van der Waals surface area contributed by atoms with E-state index in [4.69, 9.17) is 0 Å². The predicted molar refractivity (Wildman–Crippen MR) is 98.6 cm³/mol. The van der Waals surface area contributed by atoms with Crippen LogP contribution in [0, 0.1) is 34.0 Å². The molecule has 0 aromatic carbocycles. The Hall–Kier alpha value is -0.530. The highest BCUT2D eigenvalue weighted by Crippen LogP contribution is 2.68. The van der Waals surface area contributed by atoms with Crippen LogP contribution in [0.3, 0.4) is 0 Å². The van der Waals surface area contributed by atoms with Crippen molar-refractivity contribution in [2.24, 2.45) is 34.0 Å². The molecule has 2 heteroatoms. The Kier molecular flexibility index (Phi) is 3.86. The van der Waals surface area contributed by atoms with Crippen molar-refractivity contribution in [3.05, 3.63) is 0 Å². The highest BCUT2D eigenvalue weighted by Gasteiger charge is 2.63. The molecule has 136 valence electrons. The Bertz CT molecular complexity index is 530. The SMILES string of the molecule is CCC[C@@]1(C)C[C@H]2NC(=O)CC[C@]2(C)[C@H]2CC[C@]3(C)CCC[C@H]3[C@@H]21. The summed E-state index contributed by atoms with van der Waals surface area (Å²) in [7, 11) is 0. The summed E-state index contributed by atoms with van der Waals surface area (Å²) in [6.07, 6.45) is 12.9. The number of fused-ring (bicyclic) bond motifs is 5. The van der Waals surface area contributed by atoms with Crippen LogP contribution in [0.2, 0.25) is 0 Å². The lowest BCUT2D eigenvalue weighted by Gasteiger charge is -2.65. The molecular formula is C22H37NO. The first-order chi connectivity index (χ1) is 11.3. The third-order valence-electron chi connectivity index (χ3n) is 9.22. The maximum Gasteiger partial charge on any atom is 0.220 e. The van der Waals surface area contributed by atoms with E-state index >= 15 is 0 Å². The number of carbonyl (C=O) groups excluding carboxylic acids is 1. The van der Waals surface area contributed by atoms with E-state index in [1.807, 2.05) is 0 Å². The second-order valence-corrected chi connectivity index (χ2v) is 10.6. The van der Waals surface area contributed by atoms with Crippen LogP contribution < -0.4 is 5.32 Å². The van der Waals surface area contributed by atoms with Gasteiger partial charge in [0.15, 0.2) is 0 Å². The van der Waals surface area contributed by atoms with E-state index in [0.717, 1.165) is 30.6 Å². The molecule has 24 heavy (non-hydrogen) atoms. The van der Waals surface area contributed by atoms with Crippen molar-refractivity contribution in [1.29, 1.82) is 0 Å². The molecule has 1 amide bonds. The fourth-order valence-corrected chi connectivity index (χ4v) is 8.00. The minimum Gasteiger partial charge on any atom is -0.353 e. The van der Waals surface area contributed by atoms with Crippen LogP contribution in [0.15, 0.2) is 0 Å². The van der Waals surface area contributed by atoms with E-state index in [9.17, 15) is 4.79 Å². The van der Waals surface area contributed by atoms with E-state index in [-0.39, 0.29) is 0 Å². The minimum absolute atomic E-state index is 0.302. The summed E-state index contributed by atoms with van der Waals surface area (Å²) >= 11 is 0. The fourth-order valence-electron chi connectivity index (χ4n) is 8.00. The van der Waals surface area contributed by atoms with Gasteiger partial charge in [-0.3, -0.25) is 4.79 Å². The second kappa shape index (κ2) is 5.48. The summed E-state index contributed by atoms with van der Waals surface area (Å²) in [6.45, 7) is 10.1. The van der Waals surface area contributed by atoms with Crippen molar-refractivity contribution >= 4 is 5.91 Å². The molecule has 0 aromatic heterocycles. The Morgan fingerprint density at radius 3 is 2.62 bits per heavy atom. The zero-order valence-corrected chi connectivity index (χ0v) is 16.3. The quantitative estimate of drug-likeness (QED) is 0.729. The van der Waals surface area contributed by atoms with Crippen LogP contribution >= 0.6 is 0 Å². The molecule has 4 rings (SSSR count). The average molecular weight is 332 g/mol. The van der Waals surface area contributed by atoms with Crippen molar-refractivity contribution in [2.75, 3.05) is 0 Å². The summed E-state index contributed by atoms with van der Waals surface area (Å²) < 4.78 is 0. The molecule has 0 bridgehead atoms. The van der Waals surface area contributed by atoms with Crippen molar-refractivity contribution in [3.63, 3.8) is 0 Å². The van der Waals surface area contributed by atoms with Gasteiger partial charge in [-0.25, -0.2) is 0 Å². The van der Waals surface area contributed by atoms with E-state index in [1.54, 1.807) is 0 Å². The van der Waals surface area contributed by atoms with Gasteiger partial charge in [-0.05, 0) is 78.9 Å².